The van der Waals surface area contributed by atoms with Crippen molar-refractivity contribution in [1.82, 2.24) is 5.32 Å². The number of halogens is 1. The summed E-state index contributed by atoms with van der Waals surface area (Å²) in [6.45, 7) is 0. The summed E-state index contributed by atoms with van der Waals surface area (Å²) in [7, 11) is 0. The molecule has 1 aliphatic heterocycles. The van der Waals surface area contributed by atoms with Crippen molar-refractivity contribution in [2.24, 2.45) is 0 Å². The Hall–Kier alpha value is -0.460. The topological polar surface area (TPSA) is 62.5 Å². The van der Waals surface area contributed by atoms with E-state index in [1.165, 1.54) is 11.8 Å². The van der Waals surface area contributed by atoms with Crippen molar-refractivity contribution >= 4 is 33.7 Å². The molecule has 0 saturated carbocycles. The summed E-state index contributed by atoms with van der Waals surface area (Å²) in [4.78, 5) is 10.7. The van der Waals surface area contributed by atoms with Gasteiger partial charge in [-0.05, 0) is 28.1 Å². The molecule has 0 unspecified atom stereocenters. The van der Waals surface area contributed by atoms with Gasteiger partial charge in [-0.25, -0.2) is 0 Å². The third kappa shape index (κ3) is 1.97. The minimum Gasteiger partial charge on any atom is -0.480 e. The average Bonchev–Trinajstić information content (AvgIpc) is 2.70. The second-order valence-corrected chi connectivity index (χ2v) is 4.83. The Kier molecular flexibility index (Phi) is 2.85. The summed E-state index contributed by atoms with van der Waals surface area (Å²) in [5, 5.41) is 11.7. The van der Waals surface area contributed by atoms with Crippen LogP contribution in [-0.2, 0) is 4.79 Å². The first-order chi connectivity index (χ1) is 6.66. The van der Waals surface area contributed by atoms with Crippen molar-refractivity contribution in [2.75, 3.05) is 5.75 Å². The first-order valence-electron chi connectivity index (χ1n) is 4.02. The van der Waals surface area contributed by atoms with Crippen LogP contribution in [0.4, 0.5) is 0 Å². The monoisotopic (exact) mass is 277 g/mol. The highest BCUT2D eigenvalue weighted by Gasteiger charge is 2.31. The van der Waals surface area contributed by atoms with Gasteiger partial charge < -0.3 is 9.52 Å². The molecule has 1 aromatic rings. The third-order valence-electron chi connectivity index (χ3n) is 1.93. The van der Waals surface area contributed by atoms with Crippen LogP contribution in [0.1, 0.15) is 11.1 Å². The van der Waals surface area contributed by atoms with E-state index in [0.717, 1.165) is 5.76 Å². The fourth-order valence-corrected chi connectivity index (χ4v) is 2.74. The number of rotatable bonds is 2. The van der Waals surface area contributed by atoms with E-state index in [1.807, 2.05) is 6.07 Å². The van der Waals surface area contributed by atoms with Crippen molar-refractivity contribution in [3.05, 3.63) is 22.6 Å². The molecule has 1 aromatic heterocycles. The molecular weight excluding hydrogens is 270 g/mol. The molecule has 2 atom stereocenters. The maximum Gasteiger partial charge on any atom is 0.321 e. The van der Waals surface area contributed by atoms with Crippen LogP contribution in [0.15, 0.2) is 21.2 Å². The van der Waals surface area contributed by atoms with Crippen LogP contribution in [0, 0.1) is 0 Å². The number of hydrogen-bond donors (Lipinski definition) is 2. The number of nitrogens with one attached hydrogen (secondary N) is 1. The lowest BCUT2D eigenvalue weighted by Crippen LogP contribution is -2.33. The molecule has 6 heteroatoms. The SMILES string of the molecule is O=C(O)[C@@H]1CS[C@H](c2ccc(Br)o2)N1. The number of hydrogen-bond acceptors (Lipinski definition) is 4. The Morgan fingerprint density at radius 1 is 1.71 bits per heavy atom. The lowest BCUT2D eigenvalue weighted by atomic mass is 10.3. The van der Waals surface area contributed by atoms with Gasteiger partial charge in [0.1, 0.15) is 17.2 Å². The first-order valence-corrected chi connectivity index (χ1v) is 5.86. The summed E-state index contributed by atoms with van der Waals surface area (Å²) in [6, 6.07) is 3.15. The molecule has 1 saturated heterocycles. The molecule has 2 heterocycles. The molecule has 0 bridgehead atoms. The van der Waals surface area contributed by atoms with Crippen molar-refractivity contribution < 1.29 is 14.3 Å². The number of aliphatic carboxylic acids is 1. The zero-order chi connectivity index (χ0) is 10.1. The van der Waals surface area contributed by atoms with Gasteiger partial charge in [0.25, 0.3) is 0 Å². The normalized spacial score (nSPS) is 26.6. The van der Waals surface area contributed by atoms with Crippen LogP contribution < -0.4 is 5.32 Å². The van der Waals surface area contributed by atoms with Gasteiger partial charge in [-0.15, -0.1) is 11.8 Å². The van der Waals surface area contributed by atoms with E-state index in [9.17, 15) is 4.79 Å². The van der Waals surface area contributed by atoms with E-state index in [0.29, 0.717) is 10.4 Å². The number of carboxylic acids is 1. The third-order valence-corrected chi connectivity index (χ3v) is 3.59. The summed E-state index contributed by atoms with van der Waals surface area (Å²) in [5.74, 6) is 0.509. The van der Waals surface area contributed by atoms with Crippen molar-refractivity contribution in [3.8, 4) is 0 Å². The van der Waals surface area contributed by atoms with Gasteiger partial charge in [0, 0.05) is 5.75 Å². The predicted molar refractivity (Wildman–Crippen MR) is 56.2 cm³/mol. The molecule has 2 N–H and O–H groups in total. The van der Waals surface area contributed by atoms with Crippen LogP contribution in [0.5, 0.6) is 0 Å². The second kappa shape index (κ2) is 3.96. The molecule has 14 heavy (non-hydrogen) atoms. The Labute approximate surface area is 93.2 Å². The van der Waals surface area contributed by atoms with E-state index in [4.69, 9.17) is 9.52 Å². The summed E-state index contributed by atoms with van der Waals surface area (Å²) in [5.41, 5.74) is 0. The van der Waals surface area contributed by atoms with Gasteiger partial charge in [-0.1, -0.05) is 0 Å². The summed E-state index contributed by atoms with van der Waals surface area (Å²) >= 11 is 4.74. The van der Waals surface area contributed by atoms with Crippen molar-refractivity contribution in [1.29, 1.82) is 0 Å². The van der Waals surface area contributed by atoms with Gasteiger partial charge in [0.15, 0.2) is 4.67 Å². The average molecular weight is 278 g/mol. The number of carboxylic acid groups (broad SMARTS) is 1. The zero-order valence-electron chi connectivity index (χ0n) is 7.07. The van der Waals surface area contributed by atoms with Crippen molar-refractivity contribution in [2.45, 2.75) is 11.4 Å². The van der Waals surface area contributed by atoms with Gasteiger partial charge in [0.2, 0.25) is 0 Å². The largest absolute Gasteiger partial charge is 0.480 e. The molecule has 2 rings (SSSR count). The van der Waals surface area contributed by atoms with Gasteiger partial charge in [-0.2, -0.15) is 0 Å². The predicted octanol–water partition coefficient (Wildman–Crippen LogP) is 1.83. The molecule has 0 aliphatic carbocycles. The highest BCUT2D eigenvalue weighted by molar-refractivity contribution is 9.10. The molecule has 0 amide bonds. The first kappa shape index (κ1) is 10.1. The zero-order valence-corrected chi connectivity index (χ0v) is 9.47. The van der Waals surface area contributed by atoms with E-state index in [2.05, 4.69) is 21.2 Å². The highest BCUT2D eigenvalue weighted by atomic mass is 79.9. The Bertz CT molecular complexity index is 354. The second-order valence-electron chi connectivity index (χ2n) is 2.91. The van der Waals surface area contributed by atoms with Crippen LogP contribution >= 0.6 is 27.7 Å². The molecule has 0 radical (unpaired) electrons. The molecule has 4 nitrogen and oxygen atoms in total. The summed E-state index contributed by atoms with van der Waals surface area (Å²) in [6.07, 6.45) is 0. The van der Waals surface area contributed by atoms with E-state index in [-0.39, 0.29) is 5.37 Å². The van der Waals surface area contributed by atoms with Crippen LogP contribution in [-0.4, -0.2) is 22.9 Å². The fraction of sp³-hybridized carbons (Fsp3) is 0.375. The minimum atomic E-state index is -0.814. The molecule has 0 spiro atoms. The quantitative estimate of drug-likeness (QED) is 0.864. The number of carbonyl (C=O) groups is 1. The van der Waals surface area contributed by atoms with Gasteiger partial charge in [-0.3, -0.25) is 10.1 Å². The maximum absolute atomic E-state index is 10.7. The number of thioether (sulfide) groups is 1. The Morgan fingerprint density at radius 3 is 3.00 bits per heavy atom. The van der Waals surface area contributed by atoms with Crippen molar-refractivity contribution in [3.63, 3.8) is 0 Å². The maximum atomic E-state index is 10.7. The minimum absolute atomic E-state index is 0.0533. The van der Waals surface area contributed by atoms with Crippen LogP contribution in [0.2, 0.25) is 0 Å². The number of furan rings is 1. The highest BCUT2D eigenvalue weighted by Crippen LogP contribution is 2.34. The fourth-order valence-electron chi connectivity index (χ4n) is 1.25. The Morgan fingerprint density at radius 2 is 2.50 bits per heavy atom. The lowest BCUT2D eigenvalue weighted by Gasteiger charge is -2.06. The van der Waals surface area contributed by atoms with Gasteiger partial charge in [0.05, 0.1) is 0 Å². The molecule has 1 aliphatic rings. The smallest absolute Gasteiger partial charge is 0.321 e. The molecule has 0 aromatic carbocycles. The van der Waals surface area contributed by atoms with Gasteiger partial charge >= 0.3 is 5.97 Å². The lowest BCUT2D eigenvalue weighted by molar-refractivity contribution is -0.138. The molecular formula is C8H8BrNO3S. The van der Waals surface area contributed by atoms with Crippen LogP contribution in [0.3, 0.4) is 0 Å². The Balaban J connectivity index is 2.05. The molecule has 76 valence electrons. The summed E-state index contributed by atoms with van der Waals surface area (Å²) < 4.78 is 6.00. The van der Waals surface area contributed by atoms with E-state index in [1.54, 1.807) is 6.07 Å². The van der Waals surface area contributed by atoms with Crippen LogP contribution in [0.25, 0.3) is 0 Å². The van der Waals surface area contributed by atoms with E-state index < -0.39 is 12.0 Å². The standard InChI is InChI=1S/C8H8BrNO3S/c9-6-2-1-5(13-6)7-10-4(3-14-7)8(11)12/h1-2,4,7,10H,3H2,(H,11,12)/t4-,7+/m0/s1. The molecule has 1 fully saturated rings. The van der Waals surface area contributed by atoms with E-state index >= 15 is 0 Å².